The molecule has 1 fully saturated rings. The average molecular weight is 541 g/mol. The van der Waals surface area contributed by atoms with Gasteiger partial charge >= 0.3 is 12.1 Å². The summed E-state index contributed by atoms with van der Waals surface area (Å²) in [4.78, 5) is 26.6. The molecule has 0 atom stereocenters. The maximum absolute atomic E-state index is 13.6. The minimum Gasteiger partial charge on any atom is -0.493 e. The number of nitrogens with zero attached hydrogens (tertiary/aromatic N) is 2. The summed E-state index contributed by atoms with van der Waals surface area (Å²) in [5.74, 6) is -1.57. The highest BCUT2D eigenvalue weighted by Crippen LogP contribution is 2.22. The number of carboxylic acid groups (broad SMARTS) is 1. The molecule has 1 amide bonds. The number of aryl methyl sites for hydroxylation is 1. The van der Waals surface area contributed by atoms with Gasteiger partial charge in [-0.05, 0) is 86.8 Å². The average Bonchev–Trinajstić information content (AvgIpc) is 2.83. The van der Waals surface area contributed by atoms with Crippen LogP contribution in [0.3, 0.4) is 0 Å². The Kier molecular flexibility index (Phi) is 11.6. The fourth-order valence-electron chi connectivity index (χ4n) is 3.99. The van der Waals surface area contributed by atoms with Gasteiger partial charge in [-0.1, -0.05) is 32.0 Å². The summed E-state index contributed by atoms with van der Waals surface area (Å²) in [5.41, 5.74) is 2.87. The van der Waals surface area contributed by atoms with Crippen LogP contribution in [-0.2, 0) is 22.6 Å². The second-order valence-electron chi connectivity index (χ2n) is 9.96. The summed E-state index contributed by atoms with van der Waals surface area (Å²) < 4.78 is 51.1. The monoisotopic (exact) mass is 540 g/mol. The Morgan fingerprint density at radius 2 is 1.68 bits per heavy atom. The normalized spacial score (nSPS) is 14.6. The Morgan fingerprint density at radius 1 is 1.11 bits per heavy atom. The highest BCUT2D eigenvalue weighted by molar-refractivity contribution is 5.79. The number of rotatable bonds is 8. The standard InChI is InChI=1S/C26H35FN2O2.C2HF3O2/c1-19(2)18-31-25-9-5-21(6-10-25)16-26(30)29(24-11-13-28(4)14-12-24)17-22-7-8-23(27)15-20(22)3;3-2(4,5)1(6)7/h5-10,15,19,24H,11-14,16-18H2,1-4H3;(H,6,7). The van der Waals surface area contributed by atoms with E-state index in [1.54, 1.807) is 12.1 Å². The second-order valence-corrected chi connectivity index (χ2v) is 9.96. The molecule has 1 aliphatic rings. The van der Waals surface area contributed by atoms with Crippen LogP contribution in [-0.4, -0.2) is 65.7 Å². The first kappa shape index (κ1) is 31.1. The van der Waals surface area contributed by atoms with Gasteiger partial charge < -0.3 is 19.6 Å². The van der Waals surface area contributed by atoms with E-state index in [-0.39, 0.29) is 17.8 Å². The van der Waals surface area contributed by atoms with Crippen LogP contribution in [0.1, 0.15) is 43.4 Å². The van der Waals surface area contributed by atoms with E-state index in [1.807, 2.05) is 36.1 Å². The van der Waals surface area contributed by atoms with Crippen molar-refractivity contribution in [2.45, 2.75) is 58.8 Å². The van der Waals surface area contributed by atoms with E-state index in [0.29, 0.717) is 25.5 Å². The van der Waals surface area contributed by atoms with Gasteiger partial charge in [-0.25, -0.2) is 9.18 Å². The third-order valence-corrected chi connectivity index (χ3v) is 6.20. The highest BCUT2D eigenvalue weighted by atomic mass is 19.4. The van der Waals surface area contributed by atoms with Crippen molar-refractivity contribution in [2.75, 3.05) is 26.7 Å². The first-order valence-corrected chi connectivity index (χ1v) is 12.5. The Labute approximate surface area is 221 Å². The number of benzene rings is 2. The molecular weight excluding hydrogens is 504 g/mol. The number of alkyl halides is 3. The van der Waals surface area contributed by atoms with Gasteiger partial charge in [0.05, 0.1) is 13.0 Å². The zero-order valence-corrected chi connectivity index (χ0v) is 22.2. The Morgan fingerprint density at radius 3 is 2.18 bits per heavy atom. The number of aliphatic carboxylic acids is 1. The first-order valence-electron chi connectivity index (χ1n) is 12.5. The lowest BCUT2D eigenvalue weighted by Gasteiger charge is -2.38. The van der Waals surface area contributed by atoms with Crippen LogP contribution in [0.25, 0.3) is 0 Å². The van der Waals surface area contributed by atoms with Crippen LogP contribution >= 0.6 is 0 Å². The molecule has 2 aromatic rings. The Hall–Kier alpha value is -3.14. The number of hydrogen-bond acceptors (Lipinski definition) is 4. The molecule has 0 unspecified atom stereocenters. The fraction of sp³-hybridized carbons (Fsp3) is 0.500. The van der Waals surface area contributed by atoms with Crippen molar-refractivity contribution in [1.29, 1.82) is 0 Å². The third kappa shape index (κ3) is 10.3. The summed E-state index contributed by atoms with van der Waals surface area (Å²) in [6, 6.07) is 12.9. The van der Waals surface area contributed by atoms with Crippen molar-refractivity contribution >= 4 is 11.9 Å². The molecule has 0 aliphatic carbocycles. The molecule has 0 aromatic heterocycles. The van der Waals surface area contributed by atoms with Crippen LogP contribution < -0.4 is 4.74 Å². The van der Waals surface area contributed by atoms with E-state index >= 15 is 0 Å². The quantitative estimate of drug-likeness (QED) is 0.450. The van der Waals surface area contributed by atoms with Crippen LogP contribution in [0.4, 0.5) is 17.6 Å². The lowest BCUT2D eigenvalue weighted by Crippen LogP contribution is -2.46. The van der Waals surface area contributed by atoms with Crippen molar-refractivity contribution in [3.8, 4) is 5.75 Å². The molecule has 3 rings (SSSR count). The molecular formula is C28H36F4N2O4. The smallest absolute Gasteiger partial charge is 0.490 e. The van der Waals surface area contributed by atoms with Crippen LogP contribution in [0.5, 0.6) is 5.75 Å². The zero-order chi connectivity index (χ0) is 28.5. The van der Waals surface area contributed by atoms with Crippen molar-refractivity contribution in [3.05, 3.63) is 65.0 Å². The minimum atomic E-state index is -5.08. The van der Waals surface area contributed by atoms with Gasteiger partial charge in [-0.15, -0.1) is 0 Å². The van der Waals surface area contributed by atoms with Gasteiger partial charge in [0.1, 0.15) is 11.6 Å². The van der Waals surface area contributed by atoms with Gasteiger partial charge in [-0.2, -0.15) is 13.2 Å². The van der Waals surface area contributed by atoms with Gasteiger partial charge in [0, 0.05) is 12.6 Å². The number of carbonyl (C=O) groups excluding carboxylic acids is 1. The molecule has 6 nitrogen and oxygen atoms in total. The number of carboxylic acids is 1. The maximum Gasteiger partial charge on any atom is 0.490 e. The van der Waals surface area contributed by atoms with Crippen LogP contribution in [0.2, 0.25) is 0 Å². The van der Waals surface area contributed by atoms with E-state index < -0.39 is 12.1 Å². The molecule has 1 aliphatic heterocycles. The van der Waals surface area contributed by atoms with E-state index in [1.165, 1.54) is 6.07 Å². The Bertz CT molecular complexity index is 1050. The number of piperidine rings is 1. The van der Waals surface area contributed by atoms with E-state index in [4.69, 9.17) is 14.6 Å². The van der Waals surface area contributed by atoms with Crippen molar-refractivity contribution < 1.29 is 37.0 Å². The summed E-state index contributed by atoms with van der Waals surface area (Å²) in [7, 11) is 2.12. The SMILES string of the molecule is Cc1cc(F)ccc1CN(C(=O)Cc1ccc(OCC(C)C)cc1)C1CCN(C)CC1.O=C(O)C(F)(F)F. The first-order chi connectivity index (χ1) is 17.8. The van der Waals surface area contributed by atoms with E-state index in [9.17, 15) is 22.4 Å². The minimum absolute atomic E-state index is 0.120. The molecule has 0 radical (unpaired) electrons. The molecule has 1 saturated heterocycles. The van der Waals surface area contributed by atoms with Gasteiger partial charge in [-0.3, -0.25) is 4.79 Å². The lowest BCUT2D eigenvalue weighted by molar-refractivity contribution is -0.192. The number of amides is 1. The van der Waals surface area contributed by atoms with E-state index in [2.05, 4.69) is 25.8 Å². The van der Waals surface area contributed by atoms with Crippen LogP contribution in [0.15, 0.2) is 42.5 Å². The predicted octanol–water partition coefficient (Wildman–Crippen LogP) is 5.47. The van der Waals surface area contributed by atoms with Gasteiger partial charge in [0.25, 0.3) is 0 Å². The largest absolute Gasteiger partial charge is 0.493 e. The molecule has 1 N–H and O–H groups in total. The summed E-state index contributed by atoms with van der Waals surface area (Å²) in [6.45, 7) is 9.32. The van der Waals surface area contributed by atoms with Gasteiger partial charge in [0.2, 0.25) is 5.91 Å². The van der Waals surface area contributed by atoms with Crippen molar-refractivity contribution in [2.24, 2.45) is 5.92 Å². The molecule has 0 spiro atoms. The lowest BCUT2D eigenvalue weighted by atomic mass is 10.00. The second kappa shape index (κ2) is 14.1. The number of hydrogen-bond donors (Lipinski definition) is 1. The summed E-state index contributed by atoms with van der Waals surface area (Å²) >= 11 is 0. The highest BCUT2D eigenvalue weighted by Gasteiger charge is 2.38. The molecule has 2 aromatic carbocycles. The number of ether oxygens (including phenoxy) is 1. The van der Waals surface area contributed by atoms with Crippen LogP contribution in [0, 0.1) is 18.7 Å². The molecule has 210 valence electrons. The maximum atomic E-state index is 13.6. The van der Waals surface area contributed by atoms with E-state index in [0.717, 1.165) is 48.4 Å². The predicted molar refractivity (Wildman–Crippen MR) is 136 cm³/mol. The third-order valence-electron chi connectivity index (χ3n) is 6.20. The van der Waals surface area contributed by atoms with Gasteiger partial charge in [0.15, 0.2) is 0 Å². The summed E-state index contributed by atoms with van der Waals surface area (Å²) in [5, 5.41) is 7.12. The number of carbonyl (C=O) groups is 2. The number of halogens is 4. The zero-order valence-electron chi connectivity index (χ0n) is 22.2. The molecule has 0 bridgehead atoms. The Balaban J connectivity index is 0.000000638. The molecule has 38 heavy (non-hydrogen) atoms. The van der Waals surface area contributed by atoms with Crippen molar-refractivity contribution in [3.63, 3.8) is 0 Å². The molecule has 0 saturated carbocycles. The topological polar surface area (TPSA) is 70.1 Å². The summed E-state index contributed by atoms with van der Waals surface area (Å²) in [6.07, 6.45) is -2.80. The number of likely N-dealkylation sites (tertiary alicyclic amines) is 1. The molecule has 1 heterocycles. The fourth-order valence-corrected chi connectivity index (χ4v) is 3.99. The molecule has 10 heteroatoms. The van der Waals surface area contributed by atoms with Crippen molar-refractivity contribution in [1.82, 2.24) is 9.80 Å².